The summed E-state index contributed by atoms with van der Waals surface area (Å²) < 4.78 is 0. The second-order valence-electron chi connectivity index (χ2n) is 4.06. The fourth-order valence-corrected chi connectivity index (χ4v) is 3.03. The SMILES string of the molecule is N#Cc1ccc(Cl)c(NC(=O)N2CSCC2C(=O)O)c1. The molecule has 0 aromatic heterocycles. The van der Waals surface area contributed by atoms with Gasteiger partial charge in [0.15, 0.2) is 0 Å². The maximum Gasteiger partial charge on any atom is 0.327 e. The molecule has 1 aliphatic rings. The number of hydrogen-bond donors (Lipinski definition) is 2. The molecule has 8 heteroatoms. The first-order chi connectivity index (χ1) is 9.52. The lowest BCUT2D eigenvalue weighted by Crippen LogP contribution is -2.44. The van der Waals surface area contributed by atoms with Gasteiger partial charge in [0.2, 0.25) is 0 Å². The topological polar surface area (TPSA) is 93.4 Å². The summed E-state index contributed by atoms with van der Waals surface area (Å²) in [6.45, 7) is 0. The third-order valence-corrected chi connectivity index (χ3v) is 4.11. The highest BCUT2D eigenvalue weighted by atomic mass is 35.5. The van der Waals surface area contributed by atoms with Crippen LogP contribution in [0.4, 0.5) is 10.5 Å². The number of amides is 2. The first-order valence-corrected chi connectivity index (χ1v) is 7.14. The second kappa shape index (κ2) is 6.03. The number of nitrogens with zero attached hydrogens (tertiary/aromatic N) is 2. The summed E-state index contributed by atoms with van der Waals surface area (Å²) in [4.78, 5) is 24.3. The first kappa shape index (κ1) is 14.5. The lowest BCUT2D eigenvalue weighted by atomic mass is 10.2. The van der Waals surface area contributed by atoms with Crippen LogP contribution in [0.3, 0.4) is 0 Å². The van der Waals surface area contributed by atoms with E-state index in [2.05, 4.69) is 5.32 Å². The third-order valence-electron chi connectivity index (χ3n) is 2.77. The molecule has 2 amide bonds. The molecule has 1 aliphatic heterocycles. The Labute approximate surface area is 124 Å². The summed E-state index contributed by atoms with van der Waals surface area (Å²) in [6.07, 6.45) is 0. The van der Waals surface area contributed by atoms with E-state index in [0.717, 1.165) is 0 Å². The van der Waals surface area contributed by atoms with Gasteiger partial charge < -0.3 is 15.3 Å². The lowest BCUT2D eigenvalue weighted by Gasteiger charge is -2.21. The van der Waals surface area contributed by atoms with Crippen LogP contribution in [-0.2, 0) is 4.79 Å². The second-order valence-corrected chi connectivity index (χ2v) is 5.47. The van der Waals surface area contributed by atoms with Gasteiger partial charge in [-0.15, -0.1) is 11.8 Å². The van der Waals surface area contributed by atoms with Crippen LogP contribution in [-0.4, -0.2) is 39.7 Å². The van der Waals surface area contributed by atoms with Gasteiger partial charge in [-0.2, -0.15) is 5.26 Å². The van der Waals surface area contributed by atoms with E-state index in [1.165, 1.54) is 34.9 Å². The predicted octanol–water partition coefficient (Wildman–Crippen LogP) is 2.20. The van der Waals surface area contributed by atoms with Gasteiger partial charge in [0, 0.05) is 5.75 Å². The molecule has 2 N–H and O–H groups in total. The molecule has 0 aliphatic carbocycles. The standard InChI is InChI=1S/C12H10ClN3O3S/c13-8-2-1-7(4-14)3-9(8)15-12(19)16-6-20-5-10(16)11(17)18/h1-3,10H,5-6H2,(H,15,19)(H,17,18). The quantitative estimate of drug-likeness (QED) is 0.873. The Morgan fingerprint density at radius 2 is 2.30 bits per heavy atom. The Morgan fingerprint density at radius 3 is 2.95 bits per heavy atom. The third kappa shape index (κ3) is 2.98. The minimum Gasteiger partial charge on any atom is -0.480 e. The van der Waals surface area contributed by atoms with Gasteiger partial charge in [0.1, 0.15) is 6.04 Å². The Bertz CT molecular complexity index is 602. The molecule has 1 heterocycles. The number of nitriles is 1. The van der Waals surface area contributed by atoms with E-state index in [1.807, 2.05) is 6.07 Å². The summed E-state index contributed by atoms with van der Waals surface area (Å²) in [5.74, 6) is -0.380. The summed E-state index contributed by atoms with van der Waals surface area (Å²) in [7, 11) is 0. The molecule has 0 saturated carbocycles. The molecule has 0 radical (unpaired) electrons. The number of anilines is 1. The van der Waals surface area contributed by atoms with Crippen LogP contribution in [0, 0.1) is 11.3 Å². The van der Waals surface area contributed by atoms with Gasteiger partial charge in [-0.05, 0) is 18.2 Å². The molecule has 6 nitrogen and oxygen atoms in total. The van der Waals surface area contributed by atoms with Crippen molar-refractivity contribution in [3.63, 3.8) is 0 Å². The molecule has 20 heavy (non-hydrogen) atoms. The van der Waals surface area contributed by atoms with E-state index in [4.69, 9.17) is 22.0 Å². The monoisotopic (exact) mass is 311 g/mol. The normalized spacial score (nSPS) is 17.6. The Hall–Kier alpha value is -1.91. The molecule has 2 rings (SSSR count). The maximum atomic E-state index is 12.1. The molecule has 1 aromatic rings. The van der Waals surface area contributed by atoms with E-state index in [9.17, 15) is 9.59 Å². The van der Waals surface area contributed by atoms with Gasteiger partial charge in [-0.25, -0.2) is 9.59 Å². The maximum absolute atomic E-state index is 12.1. The summed E-state index contributed by atoms with van der Waals surface area (Å²) in [5, 5.41) is 20.7. The van der Waals surface area contributed by atoms with E-state index >= 15 is 0 Å². The predicted molar refractivity (Wildman–Crippen MR) is 75.8 cm³/mol. The molecule has 1 atom stereocenters. The zero-order valence-corrected chi connectivity index (χ0v) is 11.7. The number of benzene rings is 1. The number of carbonyl (C=O) groups excluding carboxylic acids is 1. The van der Waals surface area contributed by atoms with Crippen molar-refractivity contribution in [3.8, 4) is 6.07 Å². The van der Waals surface area contributed by atoms with Gasteiger partial charge in [0.05, 0.1) is 28.2 Å². The van der Waals surface area contributed by atoms with Gasteiger partial charge >= 0.3 is 12.0 Å². The van der Waals surface area contributed by atoms with Crippen molar-refractivity contribution in [1.29, 1.82) is 5.26 Å². The first-order valence-electron chi connectivity index (χ1n) is 5.60. The van der Waals surface area contributed by atoms with Crippen LogP contribution in [0.2, 0.25) is 5.02 Å². The highest BCUT2D eigenvalue weighted by molar-refractivity contribution is 7.99. The number of carbonyl (C=O) groups is 2. The van der Waals surface area contributed by atoms with Gasteiger partial charge in [-0.3, -0.25) is 0 Å². The van der Waals surface area contributed by atoms with Gasteiger partial charge in [0.25, 0.3) is 0 Å². The number of rotatable bonds is 2. The molecular formula is C12H10ClN3O3S. The van der Waals surface area contributed by atoms with Crippen LogP contribution in [0.25, 0.3) is 0 Å². The van der Waals surface area contributed by atoms with Crippen LogP contribution in [0.1, 0.15) is 5.56 Å². The van der Waals surface area contributed by atoms with Crippen LogP contribution < -0.4 is 5.32 Å². The fourth-order valence-electron chi connectivity index (χ4n) is 1.73. The summed E-state index contributed by atoms with van der Waals surface area (Å²) in [6, 6.07) is 5.03. The number of nitrogens with one attached hydrogen (secondary N) is 1. The zero-order chi connectivity index (χ0) is 14.7. The van der Waals surface area contributed by atoms with Crippen LogP contribution in [0.5, 0.6) is 0 Å². The van der Waals surface area contributed by atoms with E-state index in [1.54, 1.807) is 0 Å². The van der Waals surface area contributed by atoms with Crippen molar-refractivity contribution < 1.29 is 14.7 Å². The van der Waals surface area contributed by atoms with Crippen molar-refractivity contribution in [1.82, 2.24) is 4.90 Å². The molecule has 1 aromatic carbocycles. The Morgan fingerprint density at radius 1 is 1.55 bits per heavy atom. The largest absolute Gasteiger partial charge is 0.480 e. The van der Waals surface area contributed by atoms with E-state index in [0.29, 0.717) is 17.2 Å². The van der Waals surface area contributed by atoms with Crippen LogP contribution in [0.15, 0.2) is 18.2 Å². The Kier molecular flexibility index (Phi) is 4.37. The number of halogens is 1. The van der Waals surface area contributed by atoms with Crippen molar-refractivity contribution in [2.24, 2.45) is 0 Å². The number of thioether (sulfide) groups is 1. The number of carboxylic acid groups (broad SMARTS) is 1. The molecule has 1 fully saturated rings. The lowest BCUT2D eigenvalue weighted by molar-refractivity contribution is -0.140. The van der Waals surface area contributed by atoms with Gasteiger partial charge in [-0.1, -0.05) is 11.6 Å². The summed E-state index contributed by atoms with van der Waals surface area (Å²) in [5.41, 5.74) is 0.645. The van der Waals surface area contributed by atoms with Crippen molar-refractivity contribution >= 4 is 41.1 Å². The zero-order valence-electron chi connectivity index (χ0n) is 10.2. The smallest absolute Gasteiger partial charge is 0.327 e. The minimum absolute atomic E-state index is 0.288. The summed E-state index contributed by atoms with van der Waals surface area (Å²) >= 11 is 7.31. The molecule has 1 unspecified atom stereocenters. The number of aliphatic carboxylic acids is 1. The Balaban J connectivity index is 2.16. The van der Waals surface area contributed by atoms with Crippen molar-refractivity contribution in [2.45, 2.75) is 6.04 Å². The number of hydrogen-bond acceptors (Lipinski definition) is 4. The van der Waals surface area contributed by atoms with E-state index < -0.39 is 18.0 Å². The number of carboxylic acids is 1. The average Bonchev–Trinajstić information content (AvgIpc) is 2.90. The van der Waals surface area contributed by atoms with Crippen LogP contribution >= 0.6 is 23.4 Å². The van der Waals surface area contributed by atoms with Crippen molar-refractivity contribution in [3.05, 3.63) is 28.8 Å². The highest BCUT2D eigenvalue weighted by Gasteiger charge is 2.34. The minimum atomic E-state index is -1.04. The highest BCUT2D eigenvalue weighted by Crippen LogP contribution is 2.26. The van der Waals surface area contributed by atoms with Crippen molar-refractivity contribution in [2.75, 3.05) is 16.9 Å². The fraction of sp³-hybridized carbons (Fsp3) is 0.250. The molecule has 1 saturated heterocycles. The molecular weight excluding hydrogens is 302 g/mol. The molecule has 104 valence electrons. The average molecular weight is 312 g/mol. The molecule has 0 spiro atoms. The molecule has 0 bridgehead atoms. The number of urea groups is 1. The van der Waals surface area contributed by atoms with E-state index in [-0.39, 0.29) is 10.7 Å².